The molecular weight excluding hydrogens is 250 g/mol. The number of carbonyl (C=O) groups is 2. The molecule has 1 amide bonds. The number of carboxylic acids is 1. The number of aromatic nitrogens is 4. The van der Waals surface area contributed by atoms with E-state index in [1.54, 1.807) is 12.1 Å². The summed E-state index contributed by atoms with van der Waals surface area (Å²) in [6.07, 6.45) is 4.24. The molecule has 98 valence electrons. The predicted molar refractivity (Wildman–Crippen MR) is 63.8 cm³/mol. The first-order chi connectivity index (χ1) is 9.08. The van der Waals surface area contributed by atoms with Crippen LogP contribution in [0.15, 0.2) is 31.0 Å². The molecule has 0 saturated heterocycles. The van der Waals surface area contributed by atoms with Crippen LogP contribution in [0.1, 0.15) is 10.4 Å². The molecule has 8 nitrogen and oxygen atoms in total. The highest BCUT2D eigenvalue weighted by Gasteiger charge is 2.14. The van der Waals surface area contributed by atoms with Gasteiger partial charge in [-0.05, 0) is 12.1 Å². The van der Waals surface area contributed by atoms with Gasteiger partial charge >= 0.3 is 5.97 Å². The third-order valence-electron chi connectivity index (χ3n) is 2.37. The van der Waals surface area contributed by atoms with Crippen LogP contribution in [0.25, 0.3) is 5.82 Å². The van der Waals surface area contributed by atoms with Crippen molar-refractivity contribution < 1.29 is 14.7 Å². The number of hydrogen-bond acceptors (Lipinski definition) is 5. The number of carbonyl (C=O) groups excluding carboxylic acids is 1. The van der Waals surface area contributed by atoms with Crippen molar-refractivity contribution in [2.75, 3.05) is 13.6 Å². The molecule has 2 heterocycles. The summed E-state index contributed by atoms with van der Waals surface area (Å²) in [5.41, 5.74) is 0.313. The molecule has 0 bridgehead atoms. The van der Waals surface area contributed by atoms with Gasteiger partial charge in [0.15, 0.2) is 5.82 Å². The molecule has 0 radical (unpaired) electrons. The van der Waals surface area contributed by atoms with Crippen molar-refractivity contribution in [1.29, 1.82) is 0 Å². The van der Waals surface area contributed by atoms with Gasteiger partial charge in [0.2, 0.25) is 0 Å². The van der Waals surface area contributed by atoms with Crippen LogP contribution in [-0.2, 0) is 4.79 Å². The van der Waals surface area contributed by atoms with E-state index in [-0.39, 0.29) is 6.54 Å². The molecule has 0 aliphatic heterocycles. The maximum absolute atomic E-state index is 11.9. The highest BCUT2D eigenvalue weighted by molar-refractivity contribution is 5.95. The van der Waals surface area contributed by atoms with Crippen molar-refractivity contribution >= 4 is 11.9 Å². The van der Waals surface area contributed by atoms with E-state index < -0.39 is 11.9 Å². The molecule has 0 aliphatic carbocycles. The summed E-state index contributed by atoms with van der Waals surface area (Å²) >= 11 is 0. The molecule has 0 aromatic carbocycles. The van der Waals surface area contributed by atoms with Gasteiger partial charge in [-0.25, -0.2) is 14.6 Å². The average molecular weight is 261 g/mol. The van der Waals surface area contributed by atoms with Gasteiger partial charge in [-0.1, -0.05) is 0 Å². The number of hydrogen-bond donors (Lipinski definition) is 1. The van der Waals surface area contributed by atoms with Crippen molar-refractivity contribution in [1.82, 2.24) is 24.6 Å². The molecule has 0 aliphatic rings. The fourth-order valence-electron chi connectivity index (χ4n) is 1.47. The third kappa shape index (κ3) is 2.92. The van der Waals surface area contributed by atoms with Crippen LogP contribution in [0, 0.1) is 0 Å². The molecule has 19 heavy (non-hydrogen) atoms. The van der Waals surface area contributed by atoms with Gasteiger partial charge in [-0.2, -0.15) is 5.10 Å². The van der Waals surface area contributed by atoms with Crippen LogP contribution in [0.2, 0.25) is 0 Å². The summed E-state index contributed by atoms with van der Waals surface area (Å²) < 4.78 is 1.45. The highest BCUT2D eigenvalue weighted by atomic mass is 16.4. The Morgan fingerprint density at radius 3 is 2.74 bits per heavy atom. The minimum atomic E-state index is -1.07. The van der Waals surface area contributed by atoms with E-state index in [0.717, 1.165) is 4.90 Å². The van der Waals surface area contributed by atoms with Crippen molar-refractivity contribution in [3.8, 4) is 5.82 Å². The molecule has 0 fully saturated rings. The lowest BCUT2D eigenvalue weighted by Crippen LogP contribution is -2.32. The first kappa shape index (κ1) is 12.7. The van der Waals surface area contributed by atoms with Crippen molar-refractivity contribution in [2.24, 2.45) is 0 Å². The van der Waals surface area contributed by atoms with Gasteiger partial charge in [-0.3, -0.25) is 9.59 Å². The number of rotatable bonds is 4. The molecule has 2 aromatic heterocycles. The molecule has 0 saturated carbocycles. The second-order valence-electron chi connectivity index (χ2n) is 3.80. The Labute approximate surface area is 108 Å². The van der Waals surface area contributed by atoms with Crippen molar-refractivity contribution in [3.63, 3.8) is 0 Å². The maximum atomic E-state index is 11.9. The van der Waals surface area contributed by atoms with Crippen molar-refractivity contribution in [3.05, 3.63) is 36.5 Å². The number of amides is 1. The maximum Gasteiger partial charge on any atom is 0.323 e. The summed E-state index contributed by atoms with van der Waals surface area (Å²) in [6.45, 7) is -0.357. The van der Waals surface area contributed by atoms with Crippen LogP contribution < -0.4 is 0 Å². The lowest BCUT2D eigenvalue weighted by molar-refractivity contribution is -0.137. The summed E-state index contributed by atoms with van der Waals surface area (Å²) in [4.78, 5) is 31.4. The summed E-state index contributed by atoms with van der Waals surface area (Å²) in [5.74, 6) is -0.946. The van der Waals surface area contributed by atoms with Gasteiger partial charge in [-0.15, -0.1) is 0 Å². The average Bonchev–Trinajstić information content (AvgIpc) is 2.91. The van der Waals surface area contributed by atoms with E-state index >= 15 is 0 Å². The monoisotopic (exact) mass is 261 g/mol. The Hall–Kier alpha value is -2.77. The van der Waals surface area contributed by atoms with Gasteiger partial charge < -0.3 is 10.0 Å². The van der Waals surface area contributed by atoms with Crippen LogP contribution in [-0.4, -0.2) is 55.2 Å². The number of nitrogens with zero attached hydrogens (tertiary/aromatic N) is 5. The Morgan fingerprint density at radius 2 is 2.21 bits per heavy atom. The Bertz CT molecular complexity index is 579. The number of pyridine rings is 1. The molecule has 0 atom stereocenters. The molecule has 2 aromatic rings. The number of carboxylic acid groups (broad SMARTS) is 1. The SMILES string of the molecule is CN(CC(=O)O)C(=O)c1ccc(-n2cncn2)nc1. The zero-order valence-electron chi connectivity index (χ0n) is 10.1. The summed E-state index contributed by atoms with van der Waals surface area (Å²) in [6, 6.07) is 3.17. The fraction of sp³-hybridized carbons (Fsp3) is 0.182. The van der Waals surface area contributed by atoms with E-state index in [1.807, 2.05) is 0 Å². The first-order valence-corrected chi connectivity index (χ1v) is 5.36. The van der Waals surface area contributed by atoms with Crippen LogP contribution in [0.3, 0.4) is 0 Å². The second-order valence-corrected chi connectivity index (χ2v) is 3.80. The minimum Gasteiger partial charge on any atom is -0.480 e. The van der Waals surface area contributed by atoms with E-state index in [2.05, 4.69) is 15.1 Å². The topological polar surface area (TPSA) is 101 Å². The zero-order valence-corrected chi connectivity index (χ0v) is 10.1. The van der Waals surface area contributed by atoms with Crippen LogP contribution in [0.5, 0.6) is 0 Å². The van der Waals surface area contributed by atoms with Gasteiger partial charge in [0.1, 0.15) is 19.2 Å². The summed E-state index contributed by atoms with van der Waals surface area (Å²) in [5, 5.41) is 12.5. The molecular formula is C11H11N5O3. The molecule has 8 heteroatoms. The Kier molecular flexibility index (Phi) is 3.51. The predicted octanol–water partition coefficient (Wildman–Crippen LogP) is -0.181. The standard InChI is InChI=1S/C11H11N5O3/c1-15(5-10(17)18)11(19)8-2-3-9(13-4-8)16-7-12-6-14-16/h2-4,6-7H,5H2,1H3,(H,17,18). The fourth-order valence-corrected chi connectivity index (χ4v) is 1.47. The van der Waals surface area contributed by atoms with Gasteiger partial charge in [0, 0.05) is 13.2 Å². The lowest BCUT2D eigenvalue weighted by atomic mass is 10.2. The summed E-state index contributed by atoms with van der Waals surface area (Å²) in [7, 11) is 1.42. The lowest BCUT2D eigenvalue weighted by Gasteiger charge is -2.14. The van der Waals surface area contributed by atoms with E-state index in [9.17, 15) is 9.59 Å². The minimum absolute atomic E-state index is 0.313. The van der Waals surface area contributed by atoms with Crippen LogP contribution in [0.4, 0.5) is 0 Å². The van der Waals surface area contributed by atoms with E-state index in [4.69, 9.17) is 5.11 Å². The molecule has 0 spiro atoms. The molecule has 0 unspecified atom stereocenters. The Morgan fingerprint density at radius 1 is 1.42 bits per heavy atom. The number of likely N-dealkylation sites (N-methyl/N-ethyl adjacent to an activating group) is 1. The second kappa shape index (κ2) is 5.25. The number of aliphatic carboxylic acids is 1. The zero-order chi connectivity index (χ0) is 13.8. The van der Waals surface area contributed by atoms with Gasteiger partial charge in [0.25, 0.3) is 5.91 Å². The van der Waals surface area contributed by atoms with Gasteiger partial charge in [0.05, 0.1) is 5.56 Å². The molecule has 2 rings (SSSR count). The largest absolute Gasteiger partial charge is 0.480 e. The Balaban J connectivity index is 2.14. The van der Waals surface area contributed by atoms with Crippen molar-refractivity contribution in [2.45, 2.75) is 0 Å². The third-order valence-corrected chi connectivity index (χ3v) is 2.37. The van der Waals surface area contributed by atoms with Crippen LogP contribution >= 0.6 is 0 Å². The smallest absolute Gasteiger partial charge is 0.323 e. The molecule has 1 N–H and O–H groups in total. The first-order valence-electron chi connectivity index (χ1n) is 5.36. The highest BCUT2D eigenvalue weighted by Crippen LogP contribution is 2.06. The quantitative estimate of drug-likeness (QED) is 0.819. The normalized spacial score (nSPS) is 10.2. The van der Waals surface area contributed by atoms with E-state index in [0.29, 0.717) is 11.4 Å². The van der Waals surface area contributed by atoms with E-state index in [1.165, 1.54) is 30.6 Å².